The molecule has 0 aliphatic rings. The number of hydrogen-bond acceptors (Lipinski definition) is 2. The smallest absolute Gasteiger partial charge is 0.172 e. The summed E-state index contributed by atoms with van der Waals surface area (Å²) in [6, 6.07) is 1.00. The first-order chi connectivity index (χ1) is 7.70. The van der Waals surface area contributed by atoms with Gasteiger partial charge in [0.1, 0.15) is 11.7 Å². The minimum absolute atomic E-state index is 0.110. The number of hydrogen-bond donors (Lipinski definition) is 2. The molecule has 0 radical (unpaired) electrons. The van der Waals surface area contributed by atoms with Crippen LogP contribution in [0.15, 0.2) is 11.1 Å². The van der Waals surface area contributed by atoms with Crippen LogP contribution < -0.4 is 5.73 Å². The number of phenolic OH excluding ortho intramolecular Hbond substituents is 1. The number of phenols is 1. The summed E-state index contributed by atoms with van der Waals surface area (Å²) in [7, 11) is 1.38. The Morgan fingerprint density at radius 3 is 2.29 bits per heavy atom. The summed E-state index contributed by atoms with van der Waals surface area (Å²) >= 11 is 0. The van der Waals surface area contributed by atoms with Crippen molar-refractivity contribution in [2.75, 3.05) is 7.05 Å². The van der Waals surface area contributed by atoms with Crippen LogP contribution in [0.4, 0.5) is 8.78 Å². The number of nitrogens with zero attached hydrogens (tertiary/aromatic N) is 1. The molecule has 0 spiro atoms. The fourth-order valence-electron chi connectivity index (χ4n) is 1.61. The molecule has 5 heteroatoms. The Labute approximate surface area is 99.0 Å². The first kappa shape index (κ1) is 13.4. The van der Waals surface area contributed by atoms with Crippen molar-refractivity contribution in [2.24, 2.45) is 10.7 Å². The van der Waals surface area contributed by atoms with Crippen LogP contribution in [0.25, 0.3) is 0 Å². The first-order valence-electron chi connectivity index (χ1n) is 5.14. The molecule has 0 bridgehead atoms. The van der Waals surface area contributed by atoms with Crippen LogP contribution in [0.3, 0.4) is 0 Å². The molecule has 3 N–H and O–H groups in total. The highest BCUT2D eigenvalue weighted by Crippen LogP contribution is 2.34. The lowest BCUT2D eigenvalue weighted by atomic mass is 9.85. The number of halogens is 2. The van der Waals surface area contributed by atoms with Gasteiger partial charge < -0.3 is 10.8 Å². The molecular weight excluding hydrogens is 226 g/mol. The van der Waals surface area contributed by atoms with E-state index in [1.54, 1.807) is 20.8 Å². The predicted octanol–water partition coefficient (Wildman–Crippen LogP) is 2.30. The topological polar surface area (TPSA) is 58.6 Å². The number of aliphatic imine (C=N–C) groups is 1. The van der Waals surface area contributed by atoms with Gasteiger partial charge in [-0.1, -0.05) is 20.8 Å². The molecular formula is C12H16F2N2O. The average molecular weight is 242 g/mol. The molecule has 0 aliphatic carbocycles. The van der Waals surface area contributed by atoms with Crippen molar-refractivity contribution in [1.29, 1.82) is 0 Å². The number of rotatable bonds is 1. The molecule has 94 valence electrons. The molecule has 17 heavy (non-hydrogen) atoms. The summed E-state index contributed by atoms with van der Waals surface area (Å²) in [5.74, 6) is -2.51. The van der Waals surface area contributed by atoms with Crippen LogP contribution in [-0.4, -0.2) is 18.0 Å². The van der Waals surface area contributed by atoms with E-state index in [2.05, 4.69) is 4.99 Å². The molecule has 1 aromatic rings. The maximum atomic E-state index is 13.9. The second-order valence-electron chi connectivity index (χ2n) is 4.80. The largest absolute Gasteiger partial charge is 0.504 e. The molecule has 1 rings (SSSR count). The summed E-state index contributed by atoms with van der Waals surface area (Å²) in [4.78, 5) is 3.59. The Morgan fingerprint density at radius 2 is 1.88 bits per heavy atom. The lowest BCUT2D eigenvalue weighted by Crippen LogP contribution is -2.20. The maximum Gasteiger partial charge on any atom is 0.172 e. The summed E-state index contributed by atoms with van der Waals surface area (Å²) in [5.41, 5.74) is 4.41. The summed E-state index contributed by atoms with van der Waals surface area (Å²) < 4.78 is 27.7. The van der Waals surface area contributed by atoms with Gasteiger partial charge in [-0.2, -0.15) is 0 Å². The molecule has 1 aromatic carbocycles. The Kier molecular flexibility index (Phi) is 3.40. The van der Waals surface area contributed by atoms with E-state index in [4.69, 9.17) is 5.73 Å². The van der Waals surface area contributed by atoms with Crippen molar-refractivity contribution in [3.05, 3.63) is 28.8 Å². The highest BCUT2D eigenvalue weighted by atomic mass is 19.1. The SMILES string of the molecule is CN=C(N)c1cc(F)c(C(C)(C)C)c(F)c1O. The van der Waals surface area contributed by atoms with Crippen LogP contribution >= 0.6 is 0 Å². The molecule has 0 amide bonds. The van der Waals surface area contributed by atoms with Crippen LogP contribution in [-0.2, 0) is 5.41 Å². The number of nitrogens with two attached hydrogens (primary N) is 1. The average Bonchev–Trinajstić information content (AvgIpc) is 2.20. The molecule has 0 heterocycles. The van der Waals surface area contributed by atoms with Gasteiger partial charge in [0.2, 0.25) is 0 Å². The Balaban J connectivity index is 3.59. The van der Waals surface area contributed by atoms with E-state index in [9.17, 15) is 13.9 Å². The second kappa shape index (κ2) is 4.31. The quantitative estimate of drug-likeness (QED) is 0.586. The number of benzene rings is 1. The Morgan fingerprint density at radius 1 is 1.35 bits per heavy atom. The van der Waals surface area contributed by atoms with Gasteiger partial charge in [0, 0.05) is 12.6 Å². The zero-order valence-electron chi connectivity index (χ0n) is 10.3. The van der Waals surface area contributed by atoms with Crippen LogP contribution in [0.5, 0.6) is 5.75 Å². The minimum atomic E-state index is -0.987. The van der Waals surface area contributed by atoms with Gasteiger partial charge in [-0.15, -0.1) is 0 Å². The normalized spacial score (nSPS) is 12.9. The highest BCUT2D eigenvalue weighted by Gasteiger charge is 2.27. The third-order valence-corrected chi connectivity index (χ3v) is 2.46. The van der Waals surface area contributed by atoms with Gasteiger partial charge in [0.25, 0.3) is 0 Å². The van der Waals surface area contributed by atoms with Crippen molar-refractivity contribution < 1.29 is 13.9 Å². The van der Waals surface area contributed by atoms with E-state index in [1.165, 1.54) is 7.05 Å². The van der Waals surface area contributed by atoms with E-state index >= 15 is 0 Å². The lowest BCUT2D eigenvalue weighted by Gasteiger charge is -2.22. The van der Waals surface area contributed by atoms with Gasteiger partial charge >= 0.3 is 0 Å². The molecule has 0 saturated heterocycles. The molecule has 3 nitrogen and oxygen atoms in total. The molecule has 0 unspecified atom stereocenters. The van der Waals surface area contributed by atoms with E-state index < -0.39 is 22.8 Å². The summed E-state index contributed by atoms with van der Waals surface area (Å²) in [5, 5.41) is 9.67. The van der Waals surface area contributed by atoms with Gasteiger partial charge in [-0.25, -0.2) is 8.78 Å². The lowest BCUT2D eigenvalue weighted by molar-refractivity contribution is 0.403. The van der Waals surface area contributed by atoms with Crippen molar-refractivity contribution >= 4 is 5.84 Å². The van der Waals surface area contributed by atoms with E-state index in [0.717, 1.165) is 6.07 Å². The number of aromatic hydroxyl groups is 1. The molecule has 0 aromatic heterocycles. The fraction of sp³-hybridized carbons (Fsp3) is 0.417. The molecule has 0 fully saturated rings. The Hall–Kier alpha value is -1.65. The van der Waals surface area contributed by atoms with Crippen LogP contribution in [0.2, 0.25) is 0 Å². The molecule has 0 saturated carbocycles. The second-order valence-corrected chi connectivity index (χ2v) is 4.80. The fourth-order valence-corrected chi connectivity index (χ4v) is 1.61. The van der Waals surface area contributed by atoms with Gasteiger partial charge in [-0.05, 0) is 11.5 Å². The number of amidine groups is 1. The Bertz CT molecular complexity index is 476. The van der Waals surface area contributed by atoms with E-state index in [-0.39, 0.29) is 17.0 Å². The van der Waals surface area contributed by atoms with Gasteiger partial charge in [0.05, 0.1) is 5.56 Å². The third kappa shape index (κ3) is 2.38. The predicted molar refractivity (Wildman–Crippen MR) is 63.4 cm³/mol. The zero-order valence-corrected chi connectivity index (χ0v) is 10.3. The zero-order chi connectivity index (χ0) is 13.4. The first-order valence-corrected chi connectivity index (χ1v) is 5.14. The molecule has 0 atom stereocenters. The summed E-state index contributed by atoms with van der Waals surface area (Å²) in [6.07, 6.45) is 0. The third-order valence-electron chi connectivity index (χ3n) is 2.46. The standard InChI is InChI=1S/C12H16F2N2O/c1-12(2,3)8-7(13)5-6(11(15)16-4)10(17)9(8)14/h5,17H,1-4H3,(H2,15,16). The van der Waals surface area contributed by atoms with Gasteiger partial charge in [-0.3, -0.25) is 4.99 Å². The molecule has 0 aliphatic heterocycles. The van der Waals surface area contributed by atoms with E-state index in [0.29, 0.717) is 0 Å². The van der Waals surface area contributed by atoms with Crippen LogP contribution in [0, 0.1) is 11.6 Å². The summed E-state index contributed by atoms with van der Waals surface area (Å²) in [6.45, 7) is 4.97. The van der Waals surface area contributed by atoms with E-state index in [1.807, 2.05) is 0 Å². The monoisotopic (exact) mass is 242 g/mol. The minimum Gasteiger partial charge on any atom is -0.504 e. The van der Waals surface area contributed by atoms with Crippen molar-refractivity contribution in [2.45, 2.75) is 26.2 Å². The van der Waals surface area contributed by atoms with Crippen molar-refractivity contribution in [3.63, 3.8) is 0 Å². The van der Waals surface area contributed by atoms with Crippen molar-refractivity contribution in [3.8, 4) is 5.75 Å². The van der Waals surface area contributed by atoms with Gasteiger partial charge in [0.15, 0.2) is 11.6 Å². The van der Waals surface area contributed by atoms with Crippen LogP contribution in [0.1, 0.15) is 31.9 Å². The van der Waals surface area contributed by atoms with Crippen molar-refractivity contribution in [1.82, 2.24) is 0 Å². The highest BCUT2D eigenvalue weighted by molar-refractivity contribution is 6.00. The maximum absolute atomic E-state index is 13.9.